The molecule has 0 unspecified atom stereocenters. The smallest absolute Gasteiger partial charge is 0.270 e. The van der Waals surface area contributed by atoms with Gasteiger partial charge in [-0.25, -0.2) is 0 Å². The van der Waals surface area contributed by atoms with Gasteiger partial charge in [-0.05, 0) is 23.8 Å². The maximum atomic E-state index is 12.0. The summed E-state index contributed by atoms with van der Waals surface area (Å²) in [6, 6.07) is 8.81. The lowest BCUT2D eigenvalue weighted by Crippen LogP contribution is -2.28. The van der Waals surface area contributed by atoms with E-state index in [9.17, 15) is 19.7 Å². The van der Waals surface area contributed by atoms with Gasteiger partial charge in [0.05, 0.1) is 24.7 Å². The van der Waals surface area contributed by atoms with E-state index in [2.05, 4.69) is 5.32 Å². The molecule has 9 heteroatoms. The van der Waals surface area contributed by atoms with Crippen molar-refractivity contribution < 1.29 is 28.7 Å². The number of hydrogen-bond acceptors (Lipinski definition) is 7. The van der Waals surface area contributed by atoms with Crippen LogP contribution < -0.4 is 19.5 Å². The second-order valence-electron chi connectivity index (χ2n) is 5.35. The lowest BCUT2D eigenvalue weighted by molar-refractivity contribution is -0.384. The van der Waals surface area contributed by atoms with E-state index in [1.165, 1.54) is 26.4 Å². The third kappa shape index (κ3) is 5.18. The Morgan fingerprint density at radius 1 is 1.11 bits per heavy atom. The monoisotopic (exact) mass is 374 g/mol. The van der Waals surface area contributed by atoms with Gasteiger partial charge < -0.3 is 19.5 Å². The zero-order valence-electron chi connectivity index (χ0n) is 14.8. The molecule has 142 valence electrons. The van der Waals surface area contributed by atoms with Crippen molar-refractivity contribution in [2.75, 3.05) is 20.8 Å². The summed E-state index contributed by atoms with van der Waals surface area (Å²) >= 11 is 0. The standard InChI is InChI=1S/C18H18N2O7/c1-25-16-5-3-12(7-17(16)26-2)9-19-18(22)11-27-15-6-4-14(20(23)24)8-13(15)10-21/h3-8,10H,9,11H2,1-2H3,(H,19,22). The van der Waals surface area contributed by atoms with Gasteiger partial charge in [-0.15, -0.1) is 0 Å². The Morgan fingerprint density at radius 2 is 1.81 bits per heavy atom. The molecule has 0 aromatic heterocycles. The molecule has 0 bridgehead atoms. The van der Waals surface area contributed by atoms with Gasteiger partial charge in [0, 0.05) is 18.7 Å². The topological polar surface area (TPSA) is 117 Å². The van der Waals surface area contributed by atoms with Gasteiger partial charge in [-0.1, -0.05) is 6.07 Å². The number of nitrogens with one attached hydrogen (secondary N) is 1. The quantitative estimate of drug-likeness (QED) is 0.406. The second kappa shape index (κ2) is 9.18. The van der Waals surface area contributed by atoms with E-state index >= 15 is 0 Å². The average Bonchev–Trinajstić information content (AvgIpc) is 2.69. The van der Waals surface area contributed by atoms with Crippen LogP contribution in [0, 0.1) is 10.1 Å². The van der Waals surface area contributed by atoms with E-state index in [0.29, 0.717) is 17.8 Å². The molecule has 0 radical (unpaired) electrons. The molecular formula is C18H18N2O7. The van der Waals surface area contributed by atoms with Crippen LogP contribution in [0.2, 0.25) is 0 Å². The van der Waals surface area contributed by atoms with Crippen molar-refractivity contribution >= 4 is 17.9 Å². The fraction of sp³-hybridized carbons (Fsp3) is 0.222. The van der Waals surface area contributed by atoms with E-state index in [1.54, 1.807) is 18.2 Å². The lowest BCUT2D eigenvalue weighted by Gasteiger charge is -2.11. The Balaban J connectivity index is 1.93. The molecule has 2 rings (SSSR count). The molecule has 0 heterocycles. The zero-order valence-corrected chi connectivity index (χ0v) is 14.8. The third-order valence-corrected chi connectivity index (χ3v) is 3.63. The Hall–Kier alpha value is -3.62. The van der Waals surface area contributed by atoms with Gasteiger partial charge in [0.2, 0.25) is 0 Å². The maximum absolute atomic E-state index is 12.0. The SMILES string of the molecule is COc1ccc(CNC(=O)COc2ccc([N+](=O)[O-])cc2C=O)cc1OC. The summed E-state index contributed by atoms with van der Waals surface area (Å²) in [6.45, 7) is -0.102. The predicted octanol–water partition coefficient (Wildman–Crippen LogP) is 2.12. The number of methoxy groups -OCH3 is 2. The fourth-order valence-electron chi connectivity index (χ4n) is 2.26. The number of nitro benzene ring substituents is 1. The number of ether oxygens (including phenoxy) is 3. The number of rotatable bonds is 9. The molecule has 1 amide bonds. The highest BCUT2D eigenvalue weighted by atomic mass is 16.6. The molecule has 2 aromatic rings. The average molecular weight is 374 g/mol. The lowest BCUT2D eigenvalue weighted by atomic mass is 10.2. The molecule has 2 aromatic carbocycles. The zero-order chi connectivity index (χ0) is 19.8. The number of benzene rings is 2. The molecule has 0 aliphatic heterocycles. The number of nitrogens with zero attached hydrogens (tertiary/aromatic N) is 1. The highest BCUT2D eigenvalue weighted by molar-refractivity contribution is 5.82. The minimum atomic E-state index is -0.618. The highest BCUT2D eigenvalue weighted by Crippen LogP contribution is 2.27. The van der Waals surface area contributed by atoms with Crippen LogP contribution in [-0.2, 0) is 11.3 Å². The Bertz CT molecular complexity index is 852. The molecular weight excluding hydrogens is 356 g/mol. The summed E-state index contributed by atoms with van der Waals surface area (Å²) in [7, 11) is 3.05. The minimum absolute atomic E-state index is 0.00288. The third-order valence-electron chi connectivity index (χ3n) is 3.63. The Labute approximate surface area is 155 Å². The summed E-state index contributed by atoms with van der Waals surface area (Å²) in [4.78, 5) is 33.1. The van der Waals surface area contributed by atoms with Crippen molar-refractivity contribution in [3.63, 3.8) is 0 Å². The van der Waals surface area contributed by atoms with Crippen LogP contribution in [0.4, 0.5) is 5.69 Å². The molecule has 27 heavy (non-hydrogen) atoms. The van der Waals surface area contributed by atoms with E-state index in [-0.39, 0.29) is 30.2 Å². The van der Waals surface area contributed by atoms with Crippen molar-refractivity contribution in [1.82, 2.24) is 5.32 Å². The van der Waals surface area contributed by atoms with Crippen LogP contribution in [0.3, 0.4) is 0 Å². The van der Waals surface area contributed by atoms with Gasteiger partial charge in [0.15, 0.2) is 24.4 Å². The molecule has 0 fully saturated rings. The number of non-ortho nitro benzene ring substituents is 1. The second-order valence-corrected chi connectivity index (χ2v) is 5.35. The molecule has 0 aliphatic carbocycles. The van der Waals surface area contributed by atoms with Gasteiger partial charge in [-0.2, -0.15) is 0 Å². The van der Waals surface area contributed by atoms with Crippen LogP contribution in [0.5, 0.6) is 17.2 Å². The fourth-order valence-corrected chi connectivity index (χ4v) is 2.26. The van der Waals surface area contributed by atoms with Crippen LogP contribution in [0.15, 0.2) is 36.4 Å². The maximum Gasteiger partial charge on any atom is 0.270 e. The summed E-state index contributed by atoms with van der Waals surface area (Å²) < 4.78 is 15.6. The number of nitro groups is 1. The molecule has 0 saturated carbocycles. The molecule has 0 saturated heterocycles. The first kappa shape index (κ1) is 19.7. The van der Waals surface area contributed by atoms with Gasteiger partial charge in [-0.3, -0.25) is 19.7 Å². The Kier molecular flexibility index (Phi) is 6.70. The molecule has 1 N–H and O–H groups in total. The van der Waals surface area contributed by atoms with Crippen LogP contribution in [0.1, 0.15) is 15.9 Å². The van der Waals surface area contributed by atoms with Crippen molar-refractivity contribution in [2.45, 2.75) is 6.54 Å². The van der Waals surface area contributed by atoms with Gasteiger partial charge >= 0.3 is 0 Å². The van der Waals surface area contributed by atoms with E-state index in [0.717, 1.165) is 11.6 Å². The van der Waals surface area contributed by atoms with Crippen molar-refractivity contribution in [2.24, 2.45) is 0 Å². The summed E-state index contributed by atoms with van der Waals surface area (Å²) in [5, 5.41) is 13.4. The normalized spacial score (nSPS) is 10.0. The first-order valence-corrected chi connectivity index (χ1v) is 7.82. The van der Waals surface area contributed by atoms with Crippen LogP contribution in [-0.4, -0.2) is 37.9 Å². The molecule has 0 aliphatic rings. The number of aldehydes is 1. The largest absolute Gasteiger partial charge is 0.493 e. The van der Waals surface area contributed by atoms with Crippen molar-refractivity contribution in [3.8, 4) is 17.2 Å². The van der Waals surface area contributed by atoms with Gasteiger partial charge in [0.1, 0.15) is 5.75 Å². The summed E-state index contributed by atoms with van der Waals surface area (Å²) in [5.74, 6) is 0.800. The molecule has 9 nitrogen and oxygen atoms in total. The number of carbonyl (C=O) groups is 2. The summed E-state index contributed by atoms with van der Waals surface area (Å²) in [6.07, 6.45) is 0.434. The van der Waals surface area contributed by atoms with E-state index < -0.39 is 10.8 Å². The number of carbonyl (C=O) groups excluding carboxylic acids is 2. The van der Waals surface area contributed by atoms with E-state index in [1.807, 2.05) is 0 Å². The number of hydrogen-bond donors (Lipinski definition) is 1. The first-order chi connectivity index (χ1) is 13.0. The highest BCUT2D eigenvalue weighted by Gasteiger charge is 2.13. The van der Waals surface area contributed by atoms with Gasteiger partial charge in [0.25, 0.3) is 11.6 Å². The Morgan fingerprint density at radius 3 is 2.44 bits per heavy atom. The van der Waals surface area contributed by atoms with Crippen LogP contribution >= 0.6 is 0 Å². The minimum Gasteiger partial charge on any atom is -0.493 e. The van der Waals surface area contributed by atoms with Crippen molar-refractivity contribution in [1.29, 1.82) is 0 Å². The van der Waals surface area contributed by atoms with E-state index in [4.69, 9.17) is 14.2 Å². The number of amides is 1. The van der Waals surface area contributed by atoms with Crippen LogP contribution in [0.25, 0.3) is 0 Å². The molecule has 0 atom stereocenters. The first-order valence-electron chi connectivity index (χ1n) is 7.82. The molecule has 0 spiro atoms. The predicted molar refractivity (Wildman–Crippen MR) is 95.4 cm³/mol. The summed E-state index contributed by atoms with van der Waals surface area (Å²) in [5.41, 5.74) is 0.559. The van der Waals surface area contributed by atoms with Crippen molar-refractivity contribution in [3.05, 3.63) is 57.6 Å².